The molecule has 134 valence electrons. The Morgan fingerprint density at radius 1 is 0.852 bits per heavy atom. The molecule has 0 aliphatic rings. The van der Waals surface area contributed by atoms with Crippen LogP contribution in [0.1, 0.15) is 12.5 Å². The van der Waals surface area contributed by atoms with Crippen LogP contribution < -0.4 is 0 Å². The van der Waals surface area contributed by atoms with Crippen molar-refractivity contribution < 1.29 is 14.6 Å². The molecule has 0 aliphatic carbocycles. The van der Waals surface area contributed by atoms with Crippen molar-refractivity contribution in [3.63, 3.8) is 0 Å². The molecule has 4 heteroatoms. The summed E-state index contributed by atoms with van der Waals surface area (Å²) in [7, 11) is 0. The maximum atomic E-state index is 13.7. The number of aryl methyl sites for hydroxylation is 1. The molecule has 0 amide bonds. The summed E-state index contributed by atoms with van der Waals surface area (Å²) in [4.78, 5) is 4.67. The Hall–Kier alpha value is -3.40. The maximum Gasteiger partial charge on any atom is 0.165 e. The van der Waals surface area contributed by atoms with E-state index < -0.39 is 5.82 Å². The van der Waals surface area contributed by atoms with Crippen LogP contribution in [-0.2, 0) is 6.42 Å². The summed E-state index contributed by atoms with van der Waals surface area (Å²) < 4.78 is 13.7. The Labute approximate surface area is 156 Å². The van der Waals surface area contributed by atoms with Gasteiger partial charge in [-0.05, 0) is 60.0 Å². The first-order valence-electron chi connectivity index (χ1n) is 8.77. The van der Waals surface area contributed by atoms with E-state index in [1.54, 1.807) is 18.2 Å². The lowest BCUT2D eigenvalue weighted by atomic mass is 9.97. The lowest BCUT2D eigenvalue weighted by molar-refractivity contribution is 0.432. The van der Waals surface area contributed by atoms with Gasteiger partial charge in [0.2, 0.25) is 0 Å². The number of fused-ring (bicyclic) bond motifs is 1. The van der Waals surface area contributed by atoms with Crippen LogP contribution in [-0.4, -0.2) is 15.2 Å². The van der Waals surface area contributed by atoms with Crippen molar-refractivity contribution in [2.45, 2.75) is 13.3 Å². The summed E-state index contributed by atoms with van der Waals surface area (Å²) in [5, 5.41) is 20.5. The molecule has 1 aromatic heterocycles. The third kappa shape index (κ3) is 3.10. The predicted octanol–water partition coefficient (Wildman–Crippen LogP) is 5.68. The van der Waals surface area contributed by atoms with Gasteiger partial charge in [-0.1, -0.05) is 31.2 Å². The second-order valence-electron chi connectivity index (χ2n) is 6.44. The number of benzene rings is 3. The van der Waals surface area contributed by atoms with E-state index in [4.69, 9.17) is 0 Å². The highest BCUT2D eigenvalue weighted by Gasteiger charge is 2.11. The number of nitrogens with zero attached hydrogens (tertiary/aromatic N) is 1. The third-order valence-electron chi connectivity index (χ3n) is 4.73. The van der Waals surface area contributed by atoms with Gasteiger partial charge in [-0.3, -0.25) is 0 Å². The van der Waals surface area contributed by atoms with Gasteiger partial charge in [0.05, 0.1) is 11.2 Å². The first kappa shape index (κ1) is 17.0. The molecule has 0 aliphatic heterocycles. The average Bonchev–Trinajstić information content (AvgIpc) is 2.69. The number of hydrogen-bond donors (Lipinski definition) is 2. The first-order valence-corrected chi connectivity index (χ1v) is 8.77. The zero-order valence-corrected chi connectivity index (χ0v) is 14.8. The molecule has 27 heavy (non-hydrogen) atoms. The third-order valence-corrected chi connectivity index (χ3v) is 4.73. The molecular weight excluding hydrogens is 341 g/mol. The number of pyridine rings is 1. The minimum Gasteiger partial charge on any atom is -0.507 e. The summed E-state index contributed by atoms with van der Waals surface area (Å²) >= 11 is 0. The SMILES string of the molecule is CCc1cc(-c2ccc(O)c(F)c2)nc2ccc(-c3ccccc3O)cc12. The van der Waals surface area contributed by atoms with Crippen LogP contribution in [0.3, 0.4) is 0 Å². The van der Waals surface area contributed by atoms with E-state index in [2.05, 4.69) is 11.9 Å². The number of phenolic OH excluding ortho intramolecular Hbond substituents is 2. The fourth-order valence-corrected chi connectivity index (χ4v) is 3.29. The highest BCUT2D eigenvalue weighted by molar-refractivity contribution is 5.90. The zero-order valence-electron chi connectivity index (χ0n) is 14.8. The van der Waals surface area contributed by atoms with Crippen molar-refractivity contribution >= 4 is 10.9 Å². The summed E-state index contributed by atoms with van der Waals surface area (Å²) in [5.74, 6) is -0.802. The van der Waals surface area contributed by atoms with E-state index in [-0.39, 0.29) is 11.5 Å². The second kappa shape index (κ2) is 6.72. The molecule has 3 aromatic carbocycles. The van der Waals surface area contributed by atoms with Crippen molar-refractivity contribution in [3.8, 4) is 33.9 Å². The summed E-state index contributed by atoms with van der Waals surface area (Å²) in [5.41, 5.74) is 4.85. The molecule has 3 nitrogen and oxygen atoms in total. The van der Waals surface area contributed by atoms with Crippen LogP contribution in [0.5, 0.6) is 11.5 Å². The van der Waals surface area contributed by atoms with Gasteiger partial charge in [-0.25, -0.2) is 9.37 Å². The normalized spacial score (nSPS) is 11.0. The quantitative estimate of drug-likeness (QED) is 0.495. The number of phenols is 2. The summed E-state index contributed by atoms with van der Waals surface area (Å²) in [6, 6.07) is 19.3. The Morgan fingerprint density at radius 2 is 1.63 bits per heavy atom. The number of para-hydroxylation sites is 1. The van der Waals surface area contributed by atoms with Crippen LogP contribution in [0.15, 0.2) is 66.7 Å². The maximum absolute atomic E-state index is 13.7. The van der Waals surface area contributed by atoms with Gasteiger partial charge in [0.25, 0.3) is 0 Å². The molecule has 0 spiro atoms. The highest BCUT2D eigenvalue weighted by Crippen LogP contribution is 2.33. The molecule has 0 fully saturated rings. The van der Waals surface area contributed by atoms with Crippen molar-refractivity contribution in [2.75, 3.05) is 0 Å². The van der Waals surface area contributed by atoms with Gasteiger partial charge in [-0.15, -0.1) is 0 Å². The Morgan fingerprint density at radius 3 is 2.37 bits per heavy atom. The largest absolute Gasteiger partial charge is 0.507 e. The Bertz CT molecular complexity index is 1150. The van der Waals surface area contributed by atoms with Gasteiger partial charge in [0.15, 0.2) is 11.6 Å². The average molecular weight is 359 g/mol. The predicted molar refractivity (Wildman–Crippen MR) is 105 cm³/mol. The highest BCUT2D eigenvalue weighted by atomic mass is 19.1. The van der Waals surface area contributed by atoms with Crippen LogP contribution in [0, 0.1) is 5.82 Å². The molecule has 0 saturated heterocycles. The number of rotatable bonds is 3. The summed E-state index contributed by atoms with van der Waals surface area (Å²) in [6.45, 7) is 2.06. The molecule has 0 unspecified atom stereocenters. The lowest BCUT2D eigenvalue weighted by Crippen LogP contribution is -1.93. The van der Waals surface area contributed by atoms with E-state index in [0.717, 1.165) is 34.0 Å². The lowest BCUT2D eigenvalue weighted by Gasteiger charge is -2.11. The molecule has 4 aromatic rings. The minimum atomic E-state index is -0.664. The summed E-state index contributed by atoms with van der Waals surface area (Å²) in [6.07, 6.45) is 0.789. The number of hydrogen-bond acceptors (Lipinski definition) is 3. The van der Waals surface area contributed by atoms with Gasteiger partial charge < -0.3 is 10.2 Å². The van der Waals surface area contributed by atoms with Gasteiger partial charge in [0, 0.05) is 16.5 Å². The van der Waals surface area contributed by atoms with Crippen LogP contribution in [0.2, 0.25) is 0 Å². The van der Waals surface area contributed by atoms with Crippen LogP contribution in [0.4, 0.5) is 4.39 Å². The number of halogens is 1. The van der Waals surface area contributed by atoms with Crippen LogP contribution in [0.25, 0.3) is 33.3 Å². The van der Waals surface area contributed by atoms with E-state index in [1.807, 2.05) is 36.4 Å². The van der Waals surface area contributed by atoms with E-state index >= 15 is 0 Å². The first-order chi connectivity index (χ1) is 13.1. The van der Waals surface area contributed by atoms with Crippen molar-refractivity contribution in [3.05, 3.63) is 78.1 Å². The van der Waals surface area contributed by atoms with Gasteiger partial charge >= 0.3 is 0 Å². The molecule has 0 radical (unpaired) electrons. The smallest absolute Gasteiger partial charge is 0.165 e. The molecule has 0 bridgehead atoms. The fraction of sp³-hybridized carbons (Fsp3) is 0.0870. The van der Waals surface area contributed by atoms with E-state index in [1.165, 1.54) is 12.1 Å². The number of aromatic hydroxyl groups is 2. The zero-order chi connectivity index (χ0) is 19.0. The molecular formula is C23H18FNO2. The Kier molecular flexibility index (Phi) is 4.24. The fourth-order valence-electron chi connectivity index (χ4n) is 3.29. The second-order valence-corrected chi connectivity index (χ2v) is 6.44. The standard InChI is InChI=1S/C23H18FNO2/c1-2-14-13-21(16-8-10-23(27)19(24)12-16)25-20-9-7-15(11-18(14)20)17-5-3-4-6-22(17)26/h3-13,26-27H,2H2,1H3. The molecule has 0 atom stereocenters. The number of aromatic nitrogens is 1. The van der Waals surface area contributed by atoms with Crippen molar-refractivity contribution in [1.29, 1.82) is 0 Å². The topological polar surface area (TPSA) is 53.4 Å². The monoisotopic (exact) mass is 359 g/mol. The minimum absolute atomic E-state index is 0.235. The van der Waals surface area contributed by atoms with Crippen LogP contribution >= 0.6 is 0 Å². The van der Waals surface area contributed by atoms with Crippen molar-refractivity contribution in [2.24, 2.45) is 0 Å². The van der Waals surface area contributed by atoms with Gasteiger partial charge in [0.1, 0.15) is 5.75 Å². The van der Waals surface area contributed by atoms with E-state index in [0.29, 0.717) is 11.3 Å². The molecule has 2 N–H and O–H groups in total. The van der Waals surface area contributed by atoms with Gasteiger partial charge in [-0.2, -0.15) is 0 Å². The van der Waals surface area contributed by atoms with Crippen molar-refractivity contribution in [1.82, 2.24) is 4.98 Å². The molecule has 4 rings (SSSR count). The van der Waals surface area contributed by atoms with E-state index in [9.17, 15) is 14.6 Å². The Balaban J connectivity index is 1.88. The molecule has 0 saturated carbocycles. The molecule has 1 heterocycles.